The van der Waals surface area contributed by atoms with Crippen molar-refractivity contribution in [2.45, 2.75) is 13.8 Å². The summed E-state index contributed by atoms with van der Waals surface area (Å²) in [6.45, 7) is 4.72. The number of thioether (sulfide) groups is 1. The lowest BCUT2D eigenvalue weighted by Crippen LogP contribution is -2.35. The highest BCUT2D eigenvalue weighted by Crippen LogP contribution is 2.33. The van der Waals surface area contributed by atoms with Gasteiger partial charge in [-0.2, -0.15) is 15.1 Å². The fourth-order valence-corrected chi connectivity index (χ4v) is 4.97. The fourth-order valence-electron chi connectivity index (χ4n) is 3.99. The summed E-state index contributed by atoms with van der Waals surface area (Å²) in [7, 11) is 1.55. The summed E-state index contributed by atoms with van der Waals surface area (Å²) in [6.07, 6.45) is 1.62. The molecule has 0 saturated carbocycles. The largest absolute Gasteiger partial charge is 0.493 e. The van der Waals surface area contributed by atoms with Gasteiger partial charge in [-0.15, -0.1) is 0 Å². The van der Waals surface area contributed by atoms with Crippen LogP contribution in [0.15, 0.2) is 82.4 Å². The topological polar surface area (TPSA) is 96.6 Å². The van der Waals surface area contributed by atoms with Gasteiger partial charge in [0.05, 0.1) is 12.7 Å². The van der Waals surface area contributed by atoms with E-state index < -0.39 is 5.91 Å². The standard InChI is InChI=1S/C29H26N4O4S/c1-18-7-6-9-21(15-18)36-13-14-37-24-12-11-20(17-25(24)35-3)16-23-26(30)33-29(31-27(23)34)38-28(32-33)22-10-5-4-8-19(22)2/h4-12,15-17,30H,13-14H2,1-3H3/b23-16+,30-26?. The van der Waals surface area contributed by atoms with Crippen LogP contribution in [-0.2, 0) is 4.79 Å². The number of amidine groups is 2. The molecule has 0 radical (unpaired) electrons. The van der Waals surface area contributed by atoms with Gasteiger partial charge in [0, 0.05) is 5.56 Å². The number of aryl methyl sites for hydroxylation is 2. The number of ether oxygens (including phenoxy) is 3. The lowest BCUT2D eigenvalue weighted by molar-refractivity contribution is -0.114. The molecule has 0 bridgehead atoms. The van der Waals surface area contributed by atoms with Crippen LogP contribution in [0.5, 0.6) is 17.2 Å². The molecule has 192 valence electrons. The van der Waals surface area contributed by atoms with Crippen molar-refractivity contribution in [2.75, 3.05) is 20.3 Å². The third kappa shape index (κ3) is 5.33. The zero-order valence-electron chi connectivity index (χ0n) is 21.2. The molecule has 0 aromatic heterocycles. The summed E-state index contributed by atoms with van der Waals surface area (Å²) in [5.41, 5.74) is 3.95. The summed E-state index contributed by atoms with van der Waals surface area (Å²) in [6, 6.07) is 21.0. The minimum atomic E-state index is -0.484. The number of hydrogen-bond acceptors (Lipinski definition) is 7. The number of rotatable bonds is 8. The highest BCUT2D eigenvalue weighted by atomic mass is 32.2. The van der Waals surface area contributed by atoms with Crippen LogP contribution in [0.4, 0.5) is 0 Å². The Morgan fingerprint density at radius 3 is 2.58 bits per heavy atom. The molecule has 3 aromatic carbocycles. The van der Waals surface area contributed by atoms with Gasteiger partial charge in [-0.05, 0) is 72.6 Å². The lowest BCUT2D eigenvalue weighted by Gasteiger charge is -2.20. The number of methoxy groups -OCH3 is 1. The molecule has 38 heavy (non-hydrogen) atoms. The third-order valence-electron chi connectivity index (χ3n) is 5.93. The van der Waals surface area contributed by atoms with Gasteiger partial charge < -0.3 is 14.2 Å². The van der Waals surface area contributed by atoms with Gasteiger partial charge in [0.2, 0.25) is 5.17 Å². The van der Waals surface area contributed by atoms with E-state index >= 15 is 0 Å². The van der Waals surface area contributed by atoms with Crippen molar-refractivity contribution < 1.29 is 19.0 Å². The molecule has 8 nitrogen and oxygen atoms in total. The highest BCUT2D eigenvalue weighted by Gasteiger charge is 2.36. The van der Waals surface area contributed by atoms with Crippen molar-refractivity contribution >= 4 is 39.8 Å². The first-order valence-electron chi connectivity index (χ1n) is 12.0. The Morgan fingerprint density at radius 1 is 0.974 bits per heavy atom. The smallest absolute Gasteiger partial charge is 0.283 e. The molecule has 2 aliphatic heterocycles. The van der Waals surface area contributed by atoms with E-state index in [4.69, 9.17) is 19.6 Å². The fraction of sp³-hybridized carbons (Fsp3) is 0.172. The second kappa shape index (κ2) is 10.9. The molecule has 5 rings (SSSR count). The Labute approximate surface area is 225 Å². The molecule has 0 unspecified atom stereocenters. The molecule has 1 amide bonds. The number of benzene rings is 3. The quantitative estimate of drug-likeness (QED) is 0.310. The van der Waals surface area contributed by atoms with Crippen molar-refractivity contribution in [1.82, 2.24) is 5.01 Å². The van der Waals surface area contributed by atoms with Gasteiger partial charge in [0.15, 0.2) is 17.3 Å². The third-order valence-corrected chi connectivity index (χ3v) is 6.87. The predicted molar refractivity (Wildman–Crippen MR) is 150 cm³/mol. The number of amides is 1. The summed E-state index contributed by atoms with van der Waals surface area (Å²) < 4.78 is 17.1. The number of fused-ring (bicyclic) bond motifs is 1. The SMILES string of the molecule is COc1cc(/C=C2\C(=N)N3N=C(c4ccccc4C)SC3=NC2=O)ccc1OCCOc1cccc(C)c1. The molecular weight excluding hydrogens is 500 g/mol. The van der Waals surface area contributed by atoms with Gasteiger partial charge in [0.1, 0.15) is 24.0 Å². The second-order valence-corrected chi connectivity index (χ2v) is 9.62. The van der Waals surface area contributed by atoms with E-state index in [1.54, 1.807) is 31.4 Å². The van der Waals surface area contributed by atoms with Crippen LogP contribution >= 0.6 is 11.8 Å². The zero-order chi connectivity index (χ0) is 26.6. The number of hydrazone groups is 1. The normalized spacial score (nSPS) is 15.8. The van der Waals surface area contributed by atoms with Crippen LogP contribution in [0.3, 0.4) is 0 Å². The maximum absolute atomic E-state index is 12.8. The molecule has 2 aliphatic rings. The molecule has 0 saturated heterocycles. The zero-order valence-corrected chi connectivity index (χ0v) is 22.0. The van der Waals surface area contributed by atoms with Gasteiger partial charge in [-0.3, -0.25) is 10.2 Å². The Balaban J connectivity index is 1.29. The first-order chi connectivity index (χ1) is 18.4. The van der Waals surface area contributed by atoms with E-state index in [2.05, 4.69) is 10.1 Å². The van der Waals surface area contributed by atoms with E-state index in [9.17, 15) is 4.79 Å². The molecule has 9 heteroatoms. The monoisotopic (exact) mass is 526 g/mol. The van der Waals surface area contributed by atoms with Crippen LogP contribution in [0.25, 0.3) is 6.08 Å². The minimum Gasteiger partial charge on any atom is -0.493 e. The first kappa shape index (κ1) is 25.3. The summed E-state index contributed by atoms with van der Waals surface area (Å²) in [4.78, 5) is 17.0. The van der Waals surface area contributed by atoms with E-state index in [0.717, 1.165) is 22.4 Å². The molecule has 0 fully saturated rings. The summed E-state index contributed by atoms with van der Waals surface area (Å²) in [5.74, 6) is 1.34. The average molecular weight is 527 g/mol. The van der Waals surface area contributed by atoms with Crippen LogP contribution in [0.2, 0.25) is 0 Å². The van der Waals surface area contributed by atoms with Crippen LogP contribution in [-0.4, -0.2) is 47.3 Å². The number of carbonyl (C=O) groups excluding carboxylic acids is 1. The number of aliphatic imine (C=N–C) groups is 1. The number of hydrogen-bond donors (Lipinski definition) is 1. The first-order valence-corrected chi connectivity index (χ1v) is 12.8. The van der Waals surface area contributed by atoms with Crippen molar-refractivity contribution in [3.8, 4) is 17.2 Å². The average Bonchev–Trinajstić information content (AvgIpc) is 3.33. The van der Waals surface area contributed by atoms with Crippen molar-refractivity contribution in [2.24, 2.45) is 10.1 Å². The Bertz CT molecular complexity index is 1510. The van der Waals surface area contributed by atoms with Crippen molar-refractivity contribution in [1.29, 1.82) is 5.41 Å². The van der Waals surface area contributed by atoms with E-state index in [1.165, 1.54) is 16.8 Å². The Hall–Kier alpha value is -4.37. The molecule has 2 heterocycles. The van der Waals surface area contributed by atoms with E-state index in [0.29, 0.717) is 40.5 Å². The second-order valence-electron chi connectivity index (χ2n) is 8.66. The molecular formula is C29H26N4O4S. The predicted octanol–water partition coefficient (Wildman–Crippen LogP) is 5.44. The number of carbonyl (C=O) groups is 1. The minimum absolute atomic E-state index is 0.0244. The van der Waals surface area contributed by atoms with E-state index in [-0.39, 0.29) is 11.4 Å². The Kier molecular flexibility index (Phi) is 7.28. The summed E-state index contributed by atoms with van der Waals surface area (Å²) in [5, 5.41) is 15.7. The summed E-state index contributed by atoms with van der Waals surface area (Å²) >= 11 is 1.28. The molecule has 3 aromatic rings. The molecule has 0 spiro atoms. The highest BCUT2D eigenvalue weighted by molar-refractivity contribution is 8.27. The van der Waals surface area contributed by atoms with Crippen LogP contribution in [0, 0.1) is 19.3 Å². The maximum atomic E-state index is 12.8. The number of nitrogens with zero attached hydrogens (tertiary/aromatic N) is 3. The maximum Gasteiger partial charge on any atom is 0.283 e. The van der Waals surface area contributed by atoms with Gasteiger partial charge in [-0.25, -0.2) is 0 Å². The van der Waals surface area contributed by atoms with Crippen molar-refractivity contribution in [3.05, 3.63) is 94.6 Å². The van der Waals surface area contributed by atoms with Crippen LogP contribution in [0.1, 0.15) is 22.3 Å². The number of nitrogens with one attached hydrogen (secondary N) is 1. The Morgan fingerprint density at radius 2 is 1.79 bits per heavy atom. The van der Waals surface area contributed by atoms with Gasteiger partial charge in [0.25, 0.3) is 5.91 Å². The molecule has 0 aliphatic carbocycles. The van der Waals surface area contributed by atoms with Crippen molar-refractivity contribution in [3.63, 3.8) is 0 Å². The van der Waals surface area contributed by atoms with Crippen LogP contribution < -0.4 is 14.2 Å². The van der Waals surface area contributed by atoms with Gasteiger partial charge >= 0.3 is 0 Å². The van der Waals surface area contributed by atoms with E-state index in [1.807, 2.05) is 62.4 Å². The lowest BCUT2D eigenvalue weighted by atomic mass is 10.1. The molecule has 1 N–H and O–H groups in total. The molecule has 0 atom stereocenters. The van der Waals surface area contributed by atoms with Gasteiger partial charge in [-0.1, -0.05) is 42.5 Å².